The summed E-state index contributed by atoms with van der Waals surface area (Å²) in [5, 5.41) is 6.13. The van der Waals surface area contributed by atoms with Crippen molar-refractivity contribution in [1.29, 1.82) is 0 Å². The molecule has 138 valence electrons. The van der Waals surface area contributed by atoms with Crippen molar-refractivity contribution in [3.63, 3.8) is 0 Å². The minimum absolute atomic E-state index is 0.131. The number of hydrogen-bond donors (Lipinski definition) is 2. The van der Waals surface area contributed by atoms with Crippen LogP contribution in [0.2, 0.25) is 0 Å². The van der Waals surface area contributed by atoms with E-state index in [0.717, 1.165) is 47.7 Å². The average molecular weight is 411 g/mol. The molecule has 0 aromatic heterocycles. The number of aliphatic imine (C=N–C) groups is 1. The van der Waals surface area contributed by atoms with Crippen LogP contribution in [0.1, 0.15) is 24.8 Å². The molecule has 25 heavy (non-hydrogen) atoms. The Balaban J connectivity index is 1.85. The quantitative estimate of drug-likeness (QED) is 0.577. The molecule has 7 heteroatoms. The van der Waals surface area contributed by atoms with Gasteiger partial charge in [-0.25, -0.2) is 0 Å². The van der Waals surface area contributed by atoms with Gasteiger partial charge in [-0.05, 0) is 52.4 Å². The number of nitrogens with one attached hydrogen (secondary N) is 2. The summed E-state index contributed by atoms with van der Waals surface area (Å²) in [4.78, 5) is 18.2. The maximum absolute atomic E-state index is 11.5. The van der Waals surface area contributed by atoms with Gasteiger partial charge in [-0.3, -0.25) is 9.79 Å². The number of rotatable bonds is 5. The number of likely N-dealkylation sites (tertiary alicyclic amines) is 1. The molecular weight excluding hydrogens is 384 g/mol. The summed E-state index contributed by atoms with van der Waals surface area (Å²) in [6, 6.07) is 6.04. The number of guanidine groups is 1. The Labute approximate surface area is 158 Å². The third kappa shape index (κ3) is 5.63. The summed E-state index contributed by atoms with van der Waals surface area (Å²) in [6.07, 6.45) is 2.65. The van der Waals surface area contributed by atoms with Gasteiger partial charge in [0.2, 0.25) is 5.91 Å². The summed E-state index contributed by atoms with van der Waals surface area (Å²) in [5.74, 6) is 2.33. The summed E-state index contributed by atoms with van der Waals surface area (Å²) < 4.78 is 6.20. The molecule has 1 aromatic carbocycles. The summed E-state index contributed by atoms with van der Waals surface area (Å²) in [6.45, 7) is 2.55. The molecular formula is C18H27BrN4O2. The molecule has 0 atom stereocenters. The second-order valence-corrected chi connectivity index (χ2v) is 7.03. The largest absolute Gasteiger partial charge is 0.496 e. The van der Waals surface area contributed by atoms with E-state index in [1.165, 1.54) is 0 Å². The van der Waals surface area contributed by atoms with Crippen LogP contribution in [0.3, 0.4) is 0 Å². The summed E-state index contributed by atoms with van der Waals surface area (Å²) >= 11 is 3.51. The summed E-state index contributed by atoms with van der Waals surface area (Å²) in [5.41, 5.74) is 1.16. The van der Waals surface area contributed by atoms with Crippen LogP contribution in [-0.4, -0.2) is 51.1 Å². The lowest BCUT2D eigenvalue weighted by Crippen LogP contribution is -2.45. The number of amides is 1. The maximum atomic E-state index is 11.5. The third-order valence-electron chi connectivity index (χ3n) is 4.55. The van der Waals surface area contributed by atoms with E-state index in [2.05, 4.69) is 42.5 Å². The number of piperidine rings is 1. The molecule has 1 amide bonds. The van der Waals surface area contributed by atoms with Crippen LogP contribution in [-0.2, 0) is 11.3 Å². The lowest BCUT2D eigenvalue weighted by Gasteiger charge is -2.34. The SMILES string of the molecule is CN=C(NCc1ccc(OC)c(Br)c1)N1CCC(CC(=O)NC)CC1. The molecule has 0 radical (unpaired) electrons. The Hall–Kier alpha value is -1.76. The molecule has 1 aliphatic heterocycles. The normalized spacial score (nSPS) is 15.8. The van der Waals surface area contributed by atoms with E-state index in [1.807, 2.05) is 19.2 Å². The molecule has 6 nitrogen and oxygen atoms in total. The van der Waals surface area contributed by atoms with Crippen LogP contribution in [0.25, 0.3) is 0 Å². The van der Waals surface area contributed by atoms with Crippen molar-refractivity contribution in [3.05, 3.63) is 28.2 Å². The Morgan fingerprint density at radius 2 is 2.12 bits per heavy atom. The molecule has 2 N–H and O–H groups in total. The number of carbonyl (C=O) groups excluding carboxylic acids is 1. The molecule has 1 fully saturated rings. The fourth-order valence-corrected chi connectivity index (χ4v) is 3.63. The van der Waals surface area contributed by atoms with Crippen molar-refractivity contribution < 1.29 is 9.53 Å². The highest BCUT2D eigenvalue weighted by Gasteiger charge is 2.23. The van der Waals surface area contributed by atoms with E-state index in [-0.39, 0.29) is 5.91 Å². The molecule has 1 heterocycles. The first-order valence-corrected chi connectivity index (χ1v) is 9.35. The highest BCUT2D eigenvalue weighted by Crippen LogP contribution is 2.25. The molecule has 0 spiro atoms. The highest BCUT2D eigenvalue weighted by molar-refractivity contribution is 9.10. The van der Waals surface area contributed by atoms with Crippen molar-refractivity contribution in [2.75, 3.05) is 34.3 Å². The number of nitrogens with zero attached hydrogens (tertiary/aromatic N) is 2. The fourth-order valence-electron chi connectivity index (χ4n) is 3.05. The van der Waals surface area contributed by atoms with Crippen molar-refractivity contribution >= 4 is 27.8 Å². The van der Waals surface area contributed by atoms with E-state index in [9.17, 15) is 4.79 Å². The predicted molar refractivity (Wildman–Crippen MR) is 104 cm³/mol. The van der Waals surface area contributed by atoms with Crippen LogP contribution >= 0.6 is 15.9 Å². The fraction of sp³-hybridized carbons (Fsp3) is 0.556. The standard InChI is InChI=1S/C18H27BrN4O2/c1-20-17(24)11-13-6-8-23(9-7-13)18(21-2)22-12-14-4-5-16(25-3)15(19)10-14/h4-5,10,13H,6-9,11-12H2,1-3H3,(H,20,24)(H,21,22). The van der Waals surface area contributed by atoms with Crippen molar-refractivity contribution in [1.82, 2.24) is 15.5 Å². The van der Waals surface area contributed by atoms with Gasteiger partial charge >= 0.3 is 0 Å². The molecule has 1 aromatic rings. The third-order valence-corrected chi connectivity index (χ3v) is 5.17. The number of halogens is 1. The average Bonchev–Trinajstić information content (AvgIpc) is 2.63. The Bertz CT molecular complexity index is 613. The van der Waals surface area contributed by atoms with Gasteiger partial charge in [0.05, 0.1) is 11.6 Å². The van der Waals surface area contributed by atoms with Gasteiger partial charge in [0, 0.05) is 40.2 Å². The first kappa shape index (κ1) is 19.6. The molecule has 0 saturated carbocycles. The lowest BCUT2D eigenvalue weighted by molar-refractivity contribution is -0.121. The topological polar surface area (TPSA) is 66.0 Å². The maximum Gasteiger partial charge on any atom is 0.220 e. The van der Waals surface area contributed by atoms with E-state index in [1.54, 1.807) is 14.2 Å². The van der Waals surface area contributed by atoms with Gasteiger partial charge in [0.25, 0.3) is 0 Å². The van der Waals surface area contributed by atoms with Gasteiger partial charge in [-0.2, -0.15) is 0 Å². The Kier molecular flexibility index (Phi) is 7.55. The number of carbonyl (C=O) groups is 1. The minimum atomic E-state index is 0.131. The van der Waals surface area contributed by atoms with Crippen LogP contribution in [0, 0.1) is 5.92 Å². The number of ether oxygens (including phenoxy) is 1. The lowest BCUT2D eigenvalue weighted by atomic mass is 9.93. The first-order chi connectivity index (χ1) is 12.1. The second kappa shape index (κ2) is 9.65. The zero-order valence-electron chi connectivity index (χ0n) is 15.1. The van der Waals surface area contributed by atoms with Gasteiger partial charge in [0.1, 0.15) is 5.75 Å². The van der Waals surface area contributed by atoms with Crippen molar-refractivity contribution in [2.45, 2.75) is 25.8 Å². The molecule has 0 aliphatic carbocycles. The van der Waals surface area contributed by atoms with Gasteiger partial charge < -0.3 is 20.3 Å². The Morgan fingerprint density at radius 3 is 2.68 bits per heavy atom. The molecule has 1 saturated heterocycles. The molecule has 1 aliphatic rings. The zero-order valence-corrected chi connectivity index (χ0v) is 16.7. The summed E-state index contributed by atoms with van der Waals surface area (Å²) in [7, 11) is 5.16. The number of hydrogen-bond acceptors (Lipinski definition) is 3. The number of benzene rings is 1. The monoisotopic (exact) mass is 410 g/mol. The van der Waals surface area contributed by atoms with Crippen molar-refractivity contribution in [2.24, 2.45) is 10.9 Å². The minimum Gasteiger partial charge on any atom is -0.496 e. The van der Waals surface area contributed by atoms with Gasteiger partial charge in [0.15, 0.2) is 5.96 Å². The van der Waals surface area contributed by atoms with Gasteiger partial charge in [-0.15, -0.1) is 0 Å². The first-order valence-electron chi connectivity index (χ1n) is 8.56. The van der Waals surface area contributed by atoms with Crippen LogP contribution < -0.4 is 15.4 Å². The smallest absolute Gasteiger partial charge is 0.220 e. The van der Waals surface area contributed by atoms with Crippen LogP contribution in [0.5, 0.6) is 5.75 Å². The van der Waals surface area contributed by atoms with E-state index >= 15 is 0 Å². The second-order valence-electron chi connectivity index (χ2n) is 6.18. The van der Waals surface area contributed by atoms with Crippen LogP contribution in [0.15, 0.2) is 27.7 Å². The van der Waals surface area contributed by atoms with E-state index in [4.69, 9.17) is 4.74 Å². The zero-order chi connectivity index (χ0) is 18.2. The molecule has 0 bridgehead atoms. The predicted octanol–water partition coefficient (Wildman–Crippen LogP) is 2.38. The Morgan fingerprint density at radius 1 is 1.40 bits per heavy atom. The number of methoxy groups -OCH3 is 1. The molecule has 0 unspecified atom stereocenters. The van der Waals surface area contributed by atoms with Gasteiger partial charge in [-0.1, -0.05) is 6.07 Å². The van der Waals surface area contributed by atoms with E-state index in [0.29, 0.717) is 18.9 Å². The molecule has 2 rings (SSSR count). The highest BCUT2D eigenvalue weighted by atomic mass is 79.9. The van der Waals surface area contributed by atoms with E-state index < -0.39 is 0 Å². The van der Waals surface area contributed by atoms with Crippen LogP contribution in [0.4, 0.5) is 0 Å². The van der Waals surface area contributed by atoms with Crippen molar-refractivity contribution in [3.8, 4) is 5.75 Å².